The molecular formula is C13H26N2O3. The highest BCUT2D eigenvalue weighted by Crippen LogP contribution is 2.27. The van der Waals surface area contributed by atoms with Crippen molar-refractivity contribution in [3.05, 3.63) is 0 Å². The standard InChI is InChI=1S/C13H26N2O3/c1-17-7-8-18-10-11(16)9-14-12-4-6-15-5-2-3-13(12)15/h11-14,16H,2-10H2,1H3. The molecule has 2 N–H and O–H groups in total. The minimum absolute atomic E-state index is 0.386. The van der Waals surface area contributed by atoms with Gasteiger partial charge < -0.3 is 19.9 Å². The molecular weight excluding hydrogens is 232 g/mol. The highest BCUT2D eigenvalue weighted by Gasteiger charge is 2.36. The predicted molar refractivity (Wildman–Crippen MR) is 69.7 cm³/mol. The van der Waals surface area contributed by atoms with Gasteiger partial charge in [0.2, 0.25) is 0 Å². The first-order valence-corrected chi connectivity index (χ1v) is 7.03. The van der Waals surface area contributed by atoms with E-state index in [0.29, 0.717) is 38.4 Å². The molecule has 0 amide bonds. The molecule has 0 spiro atoms. The lowest BCUT2D eigenvalue weighted by molar-refractivity contribution is 0.0126. The van der Waals surface area contributed by atoms with Gasteiger partial charge in [-0.15, -0.1) is 0 Å². The maximum atomic E-state index is 9.81. The Morgan fingerprint density at radius 3 is 3.06 bits per heavy atom. The normalized spacial score (nSPS) is 29.7. The van der Waals surface area contributed by atoms with E-state index in [0.717, 1.165) is 0 Å². The molecule has 3 atom stereocenters. The molecule has 0 aromatic carbocycles. The molecule has 2 rings (SSSR count). The lowest BCUT2D eigenvalue weighted by atomic mass is 10.1. The number of fused-ring (bicyclic) bond motifs is 1. The summed E-state index contributed by atoms with van der Waals surface area (Å²) in [5.41, 5.74) is 0. The molecule has 18 heavy (non-hydrogen) atoms. The smallest absolute Gasteiger partial charge is 0.0897 e. The lowest BCUT2D eigenvalue weighted by Crippen LogP contribution is -2.43. The SMILES string of the molecule is COCCOCC(O)CNC1CCN2CCCC12. The van der Waals surface area contributed by atoms with Gasteiger partial charge in [-0.2, -0.15) is 0 Å². The molecule has 2 aliphatic rings. The molecule has 0 radical (unpaired) electrons. The molecule has 0 aliphatic carbocycles. The van der Waals surface area contributed by atoms with Gasteiger partial charge in [0.25, 0.3) is 0 Å². The third-order valence-electron chi connectivity index (χ3n) is 3.96. The molecule has 2 fully saturated rings. The van der Waals surface area contributed by atoms with Crippen LogP contribution in [0.2, 0.25) is 0 Å². The van der Waals surface area contributed by atoms with E-state index in [4.69, 9.17) is 9.47 Å². The first kappa shape index (κ1) is 14.2. The first-order chi connectivity index (χ1) is 8.81. The summed E-state index contributed by atoms with van der Waals surface area (Å²) in [6.07, 6.45) is 3.42. The fraction of sp³-hybridized carbons (Fsp3) is 1.00. The van der Waals surface area contributed by atoms with E-state index in [-0.39, 0.29) is 0 Å². The molecule has 2 saturated heterocycles. The Morgan fingerprint density at radius 2 is 2.22 bits per heavy atom. The largest absolute Gasteiger partial charge is 0.389 e. The van der Waals surface area contributed by atoms with Crippen LogP contribution in [0.1, 0.15) is 19.3 Å². The summed E-state index contributed by atoms with van der Waals surface area (Å²) >= 11 is 0. The van der Waals surface area contributed by atoms with E-state index in [1.807, 2.05) is 0 Å². The van der Waals surface area contributed by atoms with Gasteiger partial charge in [-0.3, -0.25) is 4.90 Å². The molecule has 3 unspecified atom stereocenters. The minimum Gasteiger partial charge on any atom is -0.389 e. The Kier molecular flexibility index (Phi) is 5.85. The summed E-state index contributed by atoms with van der Waals surface area (Å²) < 4.78 is 10.2. The Balaban J connectivity index is 1.56. The second-order valence-electron chi connectivity index (χ2n) is 5.27. The second kappa shape index (κ2) is 7.40. The van der Waals surface area contributed by atoms with Gasteiger partial charge in [0.1, 0.15) is 0 Å². The van der Waals surface area contributed by atoms with E-state index in [1.54, 1.807) is 7.11 Å². The molecule has 0 bridgehead atoms. The van der Waals surface area contributed by atoms with Gasteiger partial charge in [0.15, 0.2) is 0 Å². The summed E-state index contributed by atoms with van der Waals surface area (Å²) in [5, 5.41) is 13.3. The van der Waals surface area contributed by atoms with Crippen LogP contribution in [0.4, 0.5) is 0 Å². The number of ether oxygens (including phenoxy) is 2. The van der Waals surface area contributed by atoms with Crippen molar-refractivity contribution in [2.24, 2.45) is 0 Å². The molecule has 0 aromatic rings. The Bertz CT molecular complexity index is 240. The van der Waals surface area contributed by atoms with Gasteiger partial charge in [-0.25, -0.2) is 0 Å². The van der Waals surface area contributed by atoms with Crippen molar-refractivity contribution in [2.75, 3.05) is 46.6 Å². The predicted octanol–water partition coefficient (Wildman–Crippen LogP) is -0.163. The van der Waals surface area contributed by atoms with Crippen LogP contribution in [0, 0.1) is 0 Å². The molecule has 2 aliphatic heterocycles. The fourth-order valence-electron chi connectivity index (χ4n) is 3.03. The van der Waals surface area contributed by atoms with Crippen LogP contribution >= 0.6 is 0 Å². The number of methoxy groups -OCH3 is 1. The topological polar surface area (TPSA) is 54.0 Å². The van der Waals surface area contributed by atoms with Crippen molar-refractivity contribution in [1.29, 1.82) is 0 Å². The molecule has 5 heteroatoms. The Morgan fingerprint density at radius 1 is 1.33 bits per heavy atom. The maximum Gasteiger partial charge on any atom is 0.0897 e. The summed E-state index contributed by atoms with van der Waals surface area (Å²) in [6, 6.07) is 1.26. The number of aliphatic hydroxyl groups excluding tert-OH is 1. The number of hydrogen-bond donors (Lipinski definition) is 2. The highest BCUT2D eigenvalue weighted by molar-refractivity contribution is 4.95. The van der Waals surface area contributed by atoms with Crippen LogP contribution in [-0.2, 0) is 9.47 Å². The zero-order valence-corrected chi connectivity index (χ0v) is 11.3. The quantitative estimate of drug-likeness (QED) is 0.592. The summed E-state index contributed by atoms with van der Waals surface area (Å²) in [7, 11) is 1.65. The van der Waals surface area contributed by atoms with Crippen molar-refractivity contribution in [3.8, 4) is 0 Å². The van der Waals surface area contributed by atoms with E-state index in [1.165, 1.54) is 32.4 Å². The van der Waals surface area contributed by atoms with E-state index in [9.17, 15) is 5.11 Å². The van der Waals surface area contributed by atoms with Gasteiger partial charge in [0, 0.05) is 32.3 Å². The number of nitrogens with zero attached hydrogens (tertiary/aromatic N) is 1. The van der Waals surface area contributed by atoms with Crippen LogP contribution in [0.5, 0.6) is 0 Å². The number of rotatable bonds is 8. The van der Waals surface area contributed by atoms with Gasteiger partial charge >= 0.3 is 0 Å². The van der Waals surface area contributed by atoms with Crippen molar-refractivity contribution in [3.63, 3.8) is 0 Å². The molecule has 2 heterocycles. The molecule has 0 aromatic heterocycles. The van der Waals surface area contributed by atoms with Crippen molar-refractivity contribution < 1.29 is 14.6 Å². The first-order valence-electron chi connectivity index (χ1n) is 7.03. The molecule has 0 saturated carbocycles. The van der Waals surface area contributed by atoms with Gasteiger partial charge in [0.05, 0.1) is 25.9 Å². The zero-order chi connectivity index (χ0) is 12.8. The third-order valence-corrected chi connectivity index (χ3v) is 3.96. The number of aliphatic hydroxyl groups is 1. The van der Waals surface area contributed by atoms with Crippen molar-refractivity contribution >= 4 is 0 Å². The number of hydrogen-bond acceptors (Lipinski definition) is 5. The number of nitrogens with one attached hydrogen (secondary N) is 1. The summed E-state index contributed by atoms with van der Waals surface area (Å²) in [4.78, 5) is 2.57. The third kappa shape index (κ3) is 3.90. The molecule has 106 valence electrons. The minimum atomic E-state index is -0.419. The molecule has 5 nitrogen and oxygen atoms in total. The summed E-state index contributed by atoms with van der Waals surface area (Å²) in [6.45, 7) is 4.61. The lowest BCUT2D eigenvalue weighted by Gasteiger charge is -2.22. The van der Waals surface area contributed by atoms with Crippen LogP contribution in [0.3, 0.4) is 0 Å². The average Bonchev–Trinajstić information content (AvgIpc) is 2.95. The van der Waals surface area contributed by atoms with Crippen LogP contribution in [0.15, 0.2) is 0 Å². The van der Waals surface area contributed by atoms with E-state index >= 15 is 0 Å². The second-order valence-corrected chi connectivity index (χ2v) is 5.27. The van der Waals surface area contributed by atoms with Gasteiger partial charge in [-0.1, -0.05) is 0 Å². The van der Waals surface area contributed by atoms with Crippen molar-refractivity contribution in [2.45, 2.75) is 37.5 Å². The zero-order valence-electron chi connectivity index (χ0n) is 11.3. The maximum absolute atomic E-state index is 9.81. The van der Waals surface area contributed by atoms with Crippen molar-refractivity contribution in [1.82, 2.24) is 10.2 Å². The Hall–Kier alpha value is -0.200. The van der Waals surface area contributed by atoms with Crippen LogP contribution < -0.4 is 5.32 Å². The van der Waals surface area contributed by atoms with Crippen LogP contribution in [-0.4, -0.2) is 74.8 Å². The average molecular weight is 258 g/mol. The Labute approximate surface area is 109 Å². The van der Waals surface area contributed by atoms with Gasteiger partial charge in [-0.05, 0) is 25.8 Å². The monoisotopic (exact) mass is 258 g/mol. The van der Waals surface area contributed by atoms with Crippen LogP contribution in [0.25, 0.3) is 0 Å². The van der Waals surface area contributed by atoms with E-state index in [2.05, 4.69) is 10.2 Å². The fourth-order valence-corrected chi connectivity index (χ4v) is 3.03. The highest BCUT2D eigenvalue weighted by atomic mass is 16.5. The van der Waals surface area contributed by atoms with E-state index < -0.39 is 6.10 Å². The summed E-state index contributed by atoms with van der Waals surface area (Å²) in [5.74, 6) is 0.